The van der Waals surface area contributed by atoms with Gasteiger partial charge in [0.15, 0.2) is 6.07 Å². The third kappa shape index (κ3) is 10.3. The summed E-state index contributed by atoms with van der Waals surface area (Å²) in [6, 6.07) is 35.1. The number of para-hydroxylation sites is 2. The van der Waals surface area contributed by atoms with Gasteiger partial charge in [-0.05, 0) is 78.6 Å². The van der Waals surface area contributed by atoms with Crippen LogP contribution < -0.4 is 4.74 Å². The van der Waals surface area contributed by atoms with Crippen LogP contribution in [0, 0.1) is 13.6 Å². The summed E-state index contributed by atoms with van der Waals surface area (Å²) in [7, 11) is 0. The van der Waals surface area contributed by atoms with Crippen molar-refractivity contribution in [1.82, 2.24) is 8.61 Å². The molecule has 1 unspecified atom stereocenters. The summed E-state index contributed by atoms with van der Waals surface area (Å²) in [6.07, 6.45) is 8.35. The van der Waals surface area contributed by atoms with Gasteiger partial charge in [-0.2, -0.15) is 6.67 Å². The molecule has 1 radical (unpaired) electrons. The average Bonchev–Trinajstić information content (AvgIpc) is 3.67. The van der Waals surface area contributed by atoms with Crippen molar-refractivity contribution in [2.24, 2.45) is 4.99 Å². The standard InChI is InChI=1S/C16H14.C15H14ClNO.C5H11N2S2.Ru/c1-12-11-16(13-7-3-2-4-8-13)15-10-6-5-9-14(12)15;1-12-6-2-4-8-14(12)17-10-13-7-3-5-9-15(13)18-11-16;1-8-6-3-4-7(5-6)9-2;/h2-12H,1H3;2-10H,11H2,1H3;5H,3-4H2,1-2H3;/q;;-1;+1. The van der Waals surface area contributed by atoms with Gasteiger partial charge in [-0.25, -0.2) is 0 Å². The maximum absolute atomic E-state index is 5.58. The summed E-state index contributed by atoms with van der Waals surface area (Å²) in [5.74, 6) is 1.27. The summed E-state index contributed by atoms with van der Waals surface area (Å²) >= 11 is 9.13. The Morgan fingerprint density at radius 3 is 2.14 bits per heavy atom. The molecule has 0 spiro atoms. The van der Waals surface area contributed by atoms with Gasteiger partial charge in [-0.15, -0.1) is 23.9 Å². The number of fused-ring (bicyclic) bond motifs is 1. The Balaban J connectivity index is 0.000000188. The van der Waals surface area contributed by atoms with Gasteiger partial charge in [0.1, 0.15) is 5.75 Å². The van der Waals surface area contributed by atoms with Crippen molar-refractivity contribution >= 4 is 53.0 Å². The van der Waals surface area contributed by atoms with Crippen LogP contribution in [0.2, 0.25) is 0 Å². The number of aliphatic imine (C=N–C) groups is 1. The minimum Gasteiger partial charge on any atom is -0.477 e. The molecule has 231 valence electrons. The van der Waals surface area contributed by atoms with E-state index in [0.29, 0.717) is 5.92 Å². The van der Waals surface area contributed by atoms with Crippen LogP contribution in [-0.4, -0.2) is 46.5 Å². The number of ether oxygens (including phenoxy) is 1. The van der Waals surface area contributed by atoms with E-state index < -0.39 is 0 Å². The second-order valence-electron chi connectivity index (χ2n) is 9.92. The number of alkyl halides is 1. The van der Waals surface area contributed by atoms with E-state index in [1.54, 1.807) is 30.1 Å². The van der Waals surface area contributed by atoms with Crippen LogP contribution in [0.25, 0.3) is 5.57 Å². The summed E-state index contributed by atoms with van der Waals surface area (Å²) in [5.41, 5.74) is 8.55. The molecule has 4 aromatic rings. The monoisotopic (exact) mass is 730 g/mol. The van der Waals surface area contributed by atoms with Crippen molar-refractivity contribution < 1.29 is 24.2 Å². The van der Waals surface area contributed by atoms with Crippen LogP contribution in [0.3, 0.4) is 0 Å². The number of allylic oxidation sites excluding steroid dienone is 1. The summed E-state index contributed by atoms with van der Waals surface area (Å²) < 4.78 is 9.80. The molecule has 0 bridgehead atoms. The Morgan fingerprint density at radius 1 is 0.864 bits per heavy atom. The smallest absolute Gasteiger partial charge is 0.477 e. The number of hydrogen-bond donors (Lipinski definition) is 0. The average molecular weight is 730 g/mol. The van der Waals surface area contributed by atoms with E-state index >= 15 is 0 Å². The zero-order valence-electron chi connectivity index (χ0n) is 25.5. The van der Waals surface area contributed by atoms with Crippen LogP contribution in [0.15, 0.2) is 114 Å². The Labute approximate surface area is 290 Å². The molecule has 4 aromatic carbocycles. The maximum atomic E-state index is 5.58. The predicted molar refractivity (Wildman–Crippen MR) is 189 cm³/mol. The van der Waals surface area contributed by atoms with Crippen LogP contribution in [0.1, 0.15) is 40.7 Å². The fourth-order valence-corrected chi connectivity index (χ4v) is 5.92. The van der Waals surface area contributed by atoms with Crippen LogP contribution in [0.4, 0.5) is 5.69 Å². The van der Waals surface area contributed by atoms with Gasteiger partial charge in [0, 0.05) is 17.7 Å². The number of hydrogen-bond acceptors (Lipinski definition) is 6. The minimum atomic E-state index is 0. The fourth-order valence-electron chi connectivity index (χ4n) is 4.80. The van der Waals surface area contributed by atoms with Crippen molar-refractivity contribution in [1.29, 1.82) is 0 Å². The third-order valence-corrected chi connectivity index (χ3v) is 8.70. The van der Waals surface area contributed by atoms with E-state index in [-0.39, 0.29) is 25.5 Å². The topological polar surface area (TPSA) is 28.1 Å². The SMILES string of the molecule is CC1C=C(c2ccccc2)c2ccccc21.CSN1[CH-]N(SC)CC1.Cc1ccccc1N=Cc1ccccc1OCCl.[Ru+]. The predicted octanol–water partition coefficient (Wildman–Crippen LogP) is 9.83. The van der Waals surface area contributed by atoms with Crippen LogP contribution in [-0.2, 0) is 19.5 Å². The zero-order chi connectivity index (χ0) is 30.4. The molecule has 4 nitrogen and oxygen atoms in total. The van der Waals surface area contributed by atoms with E-state index in [0.717, 1.165) is 35.7 Å². The second-order valence-corrected chi connectivity index (χ2v) is 11.8. The van der Waals surface area contributed by atoms with E-state index in [1.807, 2.05) is 55.5 Å². The first-order valence-corrected chi connectivity index (χ1v) is 17.1. The molecule has 8 heteroatoms. The van der Waals surface area contributed by atoms with Gasteiger partial charge in [-0.1, -0.05) is 110 Å². The van der Waals surface area contributed by atoms with E-state index in [4.69, 9.17) is 16.3 Å². The van der Waals surface area contributed by atoms with E-state index in [2.05, 4.69) is 100 Å². The van der Waals surface area contributed by atoms with Gasteiger partial charge in [0.05, 0.1) is 5.69 Å². The Hall–Kier alpha value is -2.38. The molecule has 1 aliphatic heterocycles. The molecule has 1 saturated heterocycles. The minimum absolute atomic E-state index is 0. The maximum Gasteiger partial charge on any atom is 1.00 e. The molecular formula is C36H39ClN3ORuS2. The summed E-state index contributed by atoms with van der Waals surface area (Å²) in [4.78, 5) is 4.47. The van der Waals surface area contributed by atoms with Crippen molar-refractivity contribution in [3.8, 4) is 5.75 Å². The summed E-state index contributed by atoms with van der Waals surface area (Å²) in [5, 5.41) is 0. The molecule has 1 atom stereocenters. The molecule has 0 N–H and O–H groups in total. The van der Waals surface area contributed by atoms with Crippen molar-refractivity contribution in [3.63, 3.8) is 0 Å². The summed E-state index contributed by atoms with van der Waals surface area (Å²) in [6.45, 7) is 8.75. The molecule has 1 aliphatic carbocycles. The third-order valence-electron chi connectivity index (χ3n) is 7.10. The first kappa shape index (κ1) is 36.1. The second kappa shape index (κ2) is 19.2. The van der Waals surface area contributed by atoms with Gasteiger partial charge >= 0.3 is 19.5 Å². The number of benzene rings is 4. The first-order chi connectivity index (χ1) is 21.0. The molecule has 0 amide bonds. The van der Waals surface area contributed by atoms with Gasteiger partial charge < -0.3 is 13.3 Å². The normalized spacial score (nSPS) is 15.8. The number of halogens is 1. The van der Waals surface area contributed by atoms with Crippen molar-refractivity contribution in [2.45, 2.75) is 19.8 Å². The molecule has 1 fully saturated rings. The first-order valence-electron chi connectivity index (χ1n) is 14.2. The molecule has 6 rings (SSSR count). The van der Waals surface area contributed by atoms with Crippen molar-refractivity contribution in [3.05, 3.63) is 144 Å². The molecular weight excluding hydrogens is 691 g/mol. The van der Waals surface area contributed by atoms with Gasteiger partial charge in [0.25, 0.3) is 0 Å². The fraction of sp³-hybridized carbons (Fsp3) is 0.222. The Bertz CT molecular complexity index is 1490. The van der Waals surface area contributed by atoms with Gasteiger partial charge in [0.2, 0.25) is 0 Å². The quantitative estimate of drug-likeness (QED) is 0.0621. The Morgan fingerprint density at radius 2 is 1.48 bits per heavy atom. The number of rotatable bonds is 7. The molecule has 1 heterocycles. The van der Waals surface area contributed by atoms with E-state index in [1.165, 1.54) is 22.3 Å². The van der Waals surface area contributed by atoms with Crippen LogP contribution in [0.5, 0.6) is 5.75 Å². The van der Waals surface area contributed by atoms with Crippen molar-refractivity contribution in [2.75, 3.05) is 31.7 Å². The Kier molecular flexibility index (Phi) is 15.8. The molecule has 44 heavy (non-hydrogen) atoms. The van der Waals surface area contributed by atoms with E-state index in [9.17, 15) is 0 Å². The molecule has 0 saturated carbocycles. The molecule has 2 aliphatic rings. The largest absolute Gasteiger partial charge is 1.00 e. The number of nitrogens with zero attached hydrogens (tertiary/aromatic N) is 3. The van der Waals surface area contributed by atoms with Gasteiger partial charge in [-0.3, -0.25) is 4.99 Å². The number of aryl methyl sites for hydroxylation is 1. The zero-order valence-corrected chi connectivity index (χ0v) is 29.7. The van der Waals surface area contributed by atoms with Crippen LogP contribution >= 0.6 is 35.5 Å². The molecule has 0 aromatic heterocycles.